The van der Waals surface area contributed by atoms with Gasteiger partial charge in [0.15, 0.2) is 0 Å². The maximum atomic E-state index is 11.1. The number of para-hydroxylation sites is 1. The third-order valence-corrected chi connectivity index (χ3v) is 3.07. The summed E-state index contributed by atoms with van der Waals surface area (Å²) in [4.78, 5) is 10.7. The molecular weight excluding hydrogens is 254 g/mol. The number of nitrogens with zero attached hydrogens (tertiary/aromatic N) is 1. The lowest BCUT2D eigenvalue weighted by Crippen LogP contribution is -2.03. The van der Waals surface area contributed by atoms with Crippen LogP contribution in [0.3, 0.4) is 0 Å². The maximum absolute atomic E-state index is 11.1. The number of ether oxygens (including phenoxy) is 1. The van der Waals surface area contributed by atoms with Crippen molar-refractivity contribution in [1.29, 1.82) is 0 Å². The molecule has 0 aliphatic carbocycles. The van der Waals surface area contributed by atoms with Gasteiger partial charge >= 0.3 is 5.69 Å². The lowest BCUT2D eigenvalue weighted by Gasteiger charge is -2.14. The molecule has 0 fully saturated rings. The van der Waals surface area contributed by atoms with E-state index in [1.807, 2.05) is 50.2 Å². The first-order valence-electron chi connectivity index (χ1n) is 6.53. The summed E-state index contributed by atoms with van der Waals surface area (Å²) in [6.07, 6.45) is 0. The minimum atomic E-state index is -0.397. The molecule has 0 saturated heterocycles. The van der Waals surface area contributed by atoms with Crippen LogP contribution in [-0.4, -0.2) is 4.92 Å². The fraction of sp³-hybridized carbons (Fsp3) is 0.250. The second kappa shape index (κ2) is 6.19. The summed E-state index contributed by atoms with van der Waals surface area (Å²) < 4.78 is 5.74. The molecule has 0 N–H and O–H groups in total. The topological polar surface area (TPSA) is 52.4 Å². The van der Waals surface area contributed by atoms with E-state index in [2.05, 4.69) is 0 Å². The summed E-state index contributed by atoms with van der Waals surface area (Å²) in [7, 11) is 0. The number of nitro groups is 1. The molecule has 0 saturated carbocycles. The summed E-state index contributed by atoms with van der Waals surface area (Å²) in [5.74, 6) is 0.539. The number of hydrogen-bond donors (Lipinski definition) is 0. The normalized spacial score (nSPS) is 10.6. The van der Waals surface area contributed by atoms with E-state index in [1.54, 1.807) is 6.07 Å². The molecule has 0 bridgehead atoms. The van der Waals surface area contributed by atoms with Crippen LogP contribution in [0.25, 0.3) is 0 Å². The molecule has 2 aromatic rings. The monoisotopic (exact) mass is 271 g/mol. The highest BCUT2D eigenvalue weighted by Crippen LogP contribution is 2.35. The predicted octanol–water partition coefficient (Wildman–Crippen LogP) is 4.30. The SMILES string of the molecule is CC(C)c1cccc([N+](=O)[O-])c1OCc1ccccc1. The van der Waals surface area contributed by atoms with Gasteiger partial charge in [0, 0.05) is 11.6 Å². The van der Waals surface area contributed by atoms with Crippen molar-refractivity contribution in [1.82, 2.24) is 0 Å². The van der Waals surface area contributed by atoms with Crippen molar-refractivity contribution in [3.8, 4) is 5.75 Å². The van der Waals surface area contributed by atoms with E-state index in [-0.39, 0.29) is 11.6 Å². The highest BCUT2D eigenvalue weighted by Gasteiger charge is 2.20. The van der Waals surface area contributed by atoms with Gasteiger partial charge in [-0.25, -0.2) is 0 Å². The van der Waals surface area contributed by atoms with E-state index in [1.165, 1.54) is 6.07 Å². The standard InChI is InChI=1S/C16H17NO3/c1-12(2)14-9-6-10-15(17(18)19)16(14)20-11-13-7-4-3-5-8-13/h3-10,12H,11H2,1-2H3. The first-order valence-corrected chi connectivity index (χ1v) is 6.53. The summed E-state index contributed by atoms with van der Waals surface area (Å²) in [5.41, 5.74) is 1.86. The van der Waals surface area contributed by atoms with Gasteiger partial charge in [0.2, 0.25) is 5.75 Å². The molecule has 0 radical (unpaired) electrons. The Labute approximate surface area is 118 Å². The Bertz CT molecular complexity index is 594. The Balaban J connectivity index is 2.31. The molecule has 20 heavy (non-hydrogen) atoms. The van der Waals surface area contributed by atoms with Crippen molar-refractivity contribution >= 4 is 5.69 Å². The minimum absolute atomic E-state index is 0.0205. The molecule has 0 aromatic heterocycles. The minimum Gasteiger partial charge on any atom is -0.482 e. The number of hydrogen-bond acceptors (Lipinski definition) is 3. The van der Waals surface area contributed by atoms with Crippen LogP contribution < -0.4 is 4.74 Å². The highest BCUT2D eigenvalue weighted by molar-refractivity contribution is 5.52. The fourth-order valence-electron chi connectivity index (χ4n) is 2.03. The molecule has 2 aromatic carbocycles. The zero-order chi connectivity index (χ0) is 14.5. The highest BCUT2D eigenvalue weighted by atomic mass is 16.6. The number of benzene rings is 2. The van der Waals surface area contributed by atoms with Crippen molar-refractivity contribution < 1.29 is 9.66 Å². The molecule has 4 nitrogen and oxygen atoms in total. The summed E-state index contributed by atoms with van der Waals surface area (Å²) in [6, 6.07) is 14.7. The first-order chi connectivity index (χ1) is 9.59. The van der Waals surface area contributed by atoms with Crippen molar-refractivity contribution in [2.75, 3.05) is 0 Å². The summed E-state index contributed by atoms with van der Waals surface area (Å²) in [6.45, 7) is 4.31. The lowest BCUT2D eigenvalue weighted by molar-refractivity contribution is -0.386. The van der Waals surface area contributed by atoms with Crippen LogP contribution in [0, 0.1) is 10.1 Å². The second-order valence-corrected chi connectivity index (χ2v) is 4.88. The van der Waals surface area contributed by atoms with Gasteiger partial charge in [0.1, 0.15) is 6.61 Å². The van der Waals surface area contributed by atoms with E-state index in [4.69, 9.17) is 4.74 Å². The lowest BCUT2D eigenvalue weighted by atomic mass is 10.0. The first kappa shape index (κ1) is 14.1. The quantitative estimate of drug-likeness (QED) is 0.602. The van der Waals surface area contributed by atoms with Crippen LogP contribution in [-0.2, 0) is 6.61 Å². The van der Waals surface area contributed by atoms with Gasteiger partial charge in [-0.05, 0) is 11.5 Å². The van der Waals surface area contributed by atoms with E-state index >= 15 is 0 Å². The van der Waals surface area contributed by atoms with Gasteiger partial charge in [-0.15, -0.1) is 0 Å². The van der Waals surface area contributed by atoms with E-state index < -0.39 is 4.92 Å². The average Bonchev–Trinajstić information content (AvgIpc) is 2.45. The van der Waals surface area contributed by atoms with E-state index in [0.717, 1.165) is 11.1 Å². The van der Waals surface area contributed by atoms with Crippen LogP contribution >= 0.6 is 0 Å². The molecule has 4 heteroatoms. The van der Waals surface area contributed by atoms with Crippen molar-refractivity contribution in [2.45, 2.75) is 26.4 Å². The van der Waals surface area contributed by atoms with Crippen LogP contribution in [0.15, 0.2) is 48.5 Å². The average molecular weight is 271 g/mol. The Morgan fingerprint density at radius 3 is 2.40 bits per heavy atom. The third kappa shape index (κ3) is 3.15. The predicted molar refractivity (Wildman–Crippen MR) is 78.0 cm³/mol. The van der Waals surface area contributed by atoms with Crippen LogP contribution in [0.5, 0.6) is 5.75 Å². The van der Waals surface area contributed by atoms with Gasteiger partial charge in [-0.1, -0.05) is 56.3 Å². The number of rotatable bonds is 5. The largest absolute Gasteiger partial charge is 0.482 e. The van der Waals surface area contributed by atoms with Crippen molar-refractivity contribution in [3.63, 3.8) is 0 Å². The van der Waals surface area contributed by atoms with Crippen molar-refractivity contribution in [2.24, 2.45) is 0 Å². The zero-order valence-corrected chi connectivity index (χ0v) is 11.6. The van der Waals surface area contributed by atoms with Crippen LogP contribution in [0.2, 0.25) is 0 Å². The fourth-order valence-corrected chi connectivity index (χ4v) is 2.03. The molecule has 0 amide bonds. The Kier molecular flexibility index (Phi) is 4.35. The summed E-state index contributed by atoms with van der Waals surface area (Å²) in [5, 5.41) is 11.1. The molecule has 0 aliphatic heterocycles. The second-order valence-electron chi connectivity index (χ2n) is 4.88. The molecule has 104 valence electrons. The Hall–Kier alpha value is -2.36. The van der Waals surface area contributed by atoms with Gasteiger partial charge in [-0.2, -0.15) is 0 Å². The molecular formula is C16H17NO3. The Morgan fingerprint density at radius 2 is 1.80 bits per heavy atom. The number of nitro benzene ring substituents is 1. The van der Waals surface area contributed by atoms with Crippen molar-refractivity contribution in [3.05, 3.63) is 69.8 Å². The van der Waals surface area contributed by atoms with Gasteiger partial charge in [0.25, 0.3) is 0 Å². The van der Waals surface area contributed by atoms with E-state index in [0.29, 0.717) is 12.4 Å². The smallest absolute Gasteiger partial charge is 0.311 e. The maximum Gasteiger partial charge on any atom is 0.311 e. The van der Waals surface area contributed by atoms with Gasteiger partial charge in [0.05, 0.1) is 4.92 Å². The van der Waals surface area contributed by atoms with E-state index in [9.17, 15) is 10.1 Å². The molecule has 0 atom stereocenters. The summed E-state index contributed by atoms with van der Waals surface area (Å²) >= 11 is 0. The molecule has 2 rings (SSSR count). The van der Waals surface area contributed by atoms with Gasteiger partial charge in [-0.3, -0.25) is 10.1 Å². The molecule has 0 aliphatic rings. The molecule has 0 heterocycles. The Morgan fingerprint density at radius 1 is 1.10 bits per heavy atom. The van der Waals surface area contributed by atoms with Gasteiger partial charge < -0.3 is 4.74 Å². The molecule has 0 unspecified atom stereocenters. The third-order valence-electron chi connectivity index (χ3n) is 3.07. The van der Waals surface area contributed by atoms with Crippen LogP contribution in [0.1, 0.15) is 30.9 Å². The van der Waals surface area contributed by atoms with Crippen LogP contribution in [0.4, 0.5) is 5.69 Å². The zero-order valence-electron chi connectivity index (χ0n) is 11.6. The molecule has 0 spiro atoms.